The molecule has 43 heavy (non-hydrogen) atoms. The molecule has 0 aromatic heterocycles. The van der Waals surface area contributed by atoms with E-state index >= 15 is 0 Å². The zero-order valence-corrected chi connectivity index (χ0v) is 24.6. The highest BCUT2D eigenvalue weighted by Gasteiger charge is 2.19. The predicted molar refractivity (Wildman–Crippen MR) is 170 cm³/mol. The maximum absolute atomic E-state index is 13.4. The number of nitro benzene ring substituents is 1. The number of hydrogen-bond donors (Lipinski definition) is 3. The lowest BCUT2D eigenvalue weighted by Crippen LogP contribution is -2.30. The highest BCUT2D eigenvalue weighted by Crippen LogP contribution is 2.28. The van der Waals surface area contributed by atoms with Crippen LogP contribution in [0.3, 0.4) is 0 Å². The largest absolute Gasteiger partial charge is 0.325 e. The van der Waals surface area contributed by atoms with Gasteiger partial charge in [0.05, 0.1) is 15.9 Å². The fraction of sp³-hybridized carbons (Fsp3) is 0.121. The van der Waals surface area contributed by atoms with E-state index in [4.69, 9.17) is 0 Å². The number of anilines is 2. The Morgan fingerprint density at radius 3 is 2.28 bits per heavy atom. The summed E-state index contributed by atoms with van der Waals surface area (Å²) in [4.78, 5) is 50.5. The van der Waals surface area contributed by atoms with Gasteiger partial charge in [-0.3, -0.25) is 24.5 Å². The van der Waals surface area contributed by atoms with Crippen LogP contribution < -0.4 is 16.0 Å². The van der Waals surface area contributed by atoms with Crippen LogP contribution in [0.4, 0.5) is 17.1 Å². The highest BCUT2D eigenvalue weighted by molar-refractivity contribution is 8.00. The summed E-state index contributed by atoms with van der Waals surface area (Å²) in [6, 6.07) is 27.5. The Labute approximate surface area is 253 Å². The Bertz CT molecular complexity index is 1690. The number of nitrogens with zero attached hydrogens (tertiary/aromatic N) is 1. The smallest absolute Gasteiger partial charge is 0.272 e. The second-order valence-corrected chi connectivity index (χ2v) is 11.2. The van der Waals surface area contributed by atoms with Gasteiger partial charge >= 0.3 is 0 Å². The average Bonchev–Trinajstić information content (AvgIpc) is 2.99. The molecular formula is C33H30N4O5S. The van der Waals surface area contributed by atoms with Crippen molar-refractivity contribution < 1.29 is 19.3 Å². The van der Waals surface area contributed by atoms with Gasteiger partial charge in [-0.2, -0.15) is 0 Å². The number of non-ortho nitro benzene ring substituents is 1. The molecule has 3 N–H and O–H groups in total. The number of thioether (sulfide) groups is 1. The van der Waals surface area contributed by atoms with Crippen LogP contribution in [0.5, 0.6) is 0 Å². The molecule has 10 heteroatoms. The third kappa shape index (κ3) is 8.64. The standard InChI is InChI=1S/C33H30N4O5S/c1-21-12-15-24(16-13-21)18-30(36-32(39)25-8-5-4-6-9-25)33(40)34-26-10-7-11-28(19-26)43-23(3)31(38)35-29-20-27(37(41)42)17-14-22(29)2/h4-20,23H,1-3H3,(H,34,40)(H,35,38)(H,36,39)/b30-18-. The molecule has 3 amide bonds. The molecule has 4 aromatic rings. The number of carbonyl (C=O) groups excluding carboxylic acids is 3. The van der Waals surface area contributed by atoms with E-state index < -0.39 is 22.0 Å². The molecule has 0 saturated carbocycles. The molecular weight excluding hydrogens is 564 g/mol. The Kier molecular flexibility index (Phi) is 10.1. The van der Waals surface area contributed by atoms with E-state index in [0.717, 1.165) is 11.1 Å². The second-order valence-electron chi connectivity index (χ2n) is 9.78. The van der Waals surface area contributed by atoms with E-state index in [1.807, 2.05) is 37.3 Å². The van der Waals surface area contributed by atoms with Crippen molar-refractivity contribution in [1.29, 1.82) is 0 Å². The molecule has 218 valence electrons. The van der Waals surface area contributed by atoms with Crippen molar-refractivity contribution in [3.8, 4) is 0 Å². The molecule has 0 aliphatic carbocycles. The summed E-state index contributed by atoms with van der Waals surface area (Å²) in [5.41, 5.74) is 3.72. The van der Waals surface area contributed by atoms with Crippen molar-refractivity contribution >= 4 is 52.6 Å². The topological polar surface area (TPSA) is 130 Å². The van der Waals surface area contributed by atoms with E-state index in [1.54, 1.807) is 74.5 Å². The Hall–Kier alpha value is -5.22. The number of benzene rings is 4. The number of amides is 3. The zero-order chi connectivity index (χ0) is 30.9. The van der Waals surface area contributed by atoms with Crippen molar-refractivity contribution in [2.45, 2.75) is 30.9 Å². The van der Waals surface area contributed by atoms with E-state index in [2.05, 4.69) is 16.0 Å². The molecule has 0 bridgehead atoms. The number of aryl methyl sites for hydroxylation is 2. The zero-order valence-electron chi connectivity index (χ0n) is 23.8. The van der Waals surface area contributed by atoms with Gasteiger partial charge in [-0.05, 0) is 68.3 Å². The monoisotopic (exact) mass is 594 g/mol. The van der Waals surface area contributed by atoms with Gasteiger partial charge in [0.2, 0.25) is 5.91 Å². The predicted octanol–water partition coefficient (Wildman–Crippen LogP) is 6.74. The van der Waals surface area contributed by atoms with Crippen LogP contribution in [0.25, 0.3) is 6.08 Å². The van der Waals surface area contributed by atoms with Gasteiger partial charge in [-0.25, -0.2) is 0 Å². The summed E-state index contributed by atoms with van der Waals surface area (Å²) in [5, 5.41) is 18.9. The van der Waals surface area contributed by atoms with Gasteiger partial charge in [-0.15, -0.1) is 11.8 Å². The van der Waals surface area contributed by atoms with Gasteiger partial charge in [0, 0.05) is 28.3 Å². The molecule has 9 nitrogen and oxygen atoms in total. The van der Waals surface area contributed by atoms with Crippen molar-refractivity contribution in [2.75, 3.05) is 10.6 Å². The molecule has 4 rings (SSSR count). The molecule has 0 fully saturated rings. The molecule has 0 spiro atoms. The van der Waals surface area contributed by atoms with Crippen LogP contribution >= 0.6 is 11.8 Å². The first-order valence-corrected chi connectivity index (χ1v) is 14.3. The lowest BCUT2D eigenvalue weighted by Gasteiger charge is -2.15. The van der Waals surface area contributed by atoms with Gasteiger partial charge in [0.15, 0.2) is 0 Å². The van der Waals surface area contributed by atoms with Gasteiger partial charge in [0.25, 0.3) is 17.5 Å². The Morgan fingerprint density at radius 2 is 1.58 bits per heavy atom. The van der Waals surface area contributed by atoms with Crippen LogP contribution in [0.2, 0.25) is 0 Å². The van der Waals surface area contributed by atoms with Crippen molar-refractivity contribution in [3.63, 3.8) is 0 Å². The Balaban J connectivity index is 1.48. The number of rotatable bonds is 10. The quantitative estimate of drug-likeness (QED) is 0.0807. The second kappa shape index (κ2) is 14.1. The normalized spacial score (nSPS) is 11.7. The summed E-state index contributed by atoms with van der Waals surface area (Å²) < 4.78 is 0. The fourth-order valence-corrected chi connectivity index (χ4v) is 4.89. The van der Waals surface area contributed by atoms with Crippen molar-refractivity contribution in [3.05, 3.63) is 135 Å². The summed E-state index contributed by atoms with van der Waals surface area (Å²) in [7, 11) is 0. The molecule has 0 aliphatic heterocycles. The van der Waals surface area contributed by atoms with Crippen molar-refractivity contribution in [1.82, 2.24) is 5.32 Å². The molecule has 0 radical (unpaired) electrons. The first kappa shape index (κ1) is 30.7. The molecule has 0 aliphatic rings. The van der Waals surface area contributed by atoms with E-state index in [1.165, 1.54) is 23.9 Å². The lowest BCUT2D eigenvalue weighted by molar-refractivity contribution is -0.384. The fourth-order valence-electron chi connectivity index (χ4n) is 3.97. The summed E-state index contributed by atoms with van der Waals surface area (Å²) in [5.74, 6) is -1.26. The molecule has 0 heterocycles. The maximum Gasteiger partial charge on any atom is 0.272 e. The van der Waals surface area contributed by atoms with Crippen LogP contribution in [0, 0.1) is 24.0 Å². The lowest BCUT2D eigenvalue weighted by atomic mass is 10.1. The van der Waals surface area contributed by atoms with Crippen LogP contribution in [-0.4, -0.2) is 27.9 Å². The minimum atomic E-state index is -0.549. The summed E-state index contributed by atoms with van der Waals surface area (Å²) in [6.45, 7) is 5.44. The summed E-state index contributed by atoms with van der Waals surface area (Å²) in [6.07, 6.45) is 1.61. The van der Waals surface area contributed by atoms with Crippen LogP contribution in [0.15, 0.2) is 108 Å². The third-order valence-corrected chi connectivity index (χ3v) is 7.47. The SMILES string of the molecule is Cc1ccc(/C=C(\NC(=O)c2ccccc2)C(=O)Nc2cccc(SC(C)C(=O)Nc3cc([N+](=O)[O-])ccc3C)c2)cc1. The molecule has 4 aromatic carbocycles. The highest BCUT2D eigenvalue weighted by atomic mass is 32.2. The van der Waals surface area contributed by atoms with Gasteiger partial charge in [0.1, 0.15) is 5.70 Å². The average molecular weight is 595 g/mol. The van der Waals surface area contributed by atoms with Gasteiger partial charge < -0.3 is 16.0 Å². The first-order chi connectivity index (χ1) is 20.6. The number of carbonyl (C=O) groups is 3. The number of nitrogens with one attached hydrogen (secondary N) is 3. The van der Waals surface area contributed by atoms with Crippen molar-refractivity contribution in [2.24, 2.45) is 0 Å². The van der Waals surface area contributed by atoms with Crippen LogP contribution in [0.1, 0.15) is 34.0 Å². The van der Waals surface area contributed by atoms with E-state index in [-0.39, 0.29) is 17.3 Å². The van der Waals surface area contributed by atoms with Gasteiger partial charge in [-0.1, -0.05) is 60.2 Å². The minimum absolute atomic E-state index is 0.0656. The number of hydrogen-bond acceptors (Lipinski definition) is 6. The Morgan fingerprint density at radius 1 is 0.860 bits per heavy atom. The first-order valence-electron chi connectivity index (χ1n) is 13.4. The number of nitro groups is 1. The van der Waals surface area contributed by atoms with E-state index in [0.29, 0.717) is 27.4 Å². The van der Waals surface area contributed by atoms with Crippen LogP contribution in [-0.2, 0) is 9.59 Å². The summed E-state index contributed by atoms with van der Waals surface area (Å²) >= 11 is 1.27. The van der Waals surface area contributed by atoms with E-state index in [9.17, 15) is 24.5 Å². The molecule has 0 saturated heterocycles. The third-order valence-electron chi connectivity index (χ3n) is 6.38. The molecule has 1 unspecified atom stereocenters. The molecule has 1 atom stereocenters. The maximum atomic E-state index is 13.4. The minimum Gasteiger partial charge on any atom is -0.325 e.